The summed E-state index contributed by atoms with van der Waals surface area (Å²) >= 11 is 0. The molecule has 1 fully saturated rings. The lowest BCUT2D eigenvalue weighted by molar-refractivity contribution is -0.155. The standard InChI is InChI=1S/C14H26O2/c1-10-6-7-13(11(2)8-10)9-14(4,5)16-12(3)15/h10-11,13H,6-9H2,1-5H3. The molecule has 3 unspecified atom stereocenters. The molecule has 0 bridgehead atoms. The van der Waals surface area contributed by atoms with Crippen LogP contribution in [0.5, 0.6) is 0 Å². The van der Waals surface area contributed by atoms with E-state index in [0.29, 0.717) is 5.92 Å². The summed E-state index contributed by atoms with van der Waals surface area (Å²) in [6.07, 6.45) is 4.93. The maximum Gasteiger partial charge on any atom is 0.303 e. The Morgan fingerprint density at radius 3 is 2.44 bits per heavy atom. The van der Waals surface area contributed by atoms with E-state index in [2.05, 4.69) is 13.8 Å². The number of carbonyl (C=O) groups excluding carboxylic acids is 1. The predicted molar refractivity (Wildman–Crippen MR) is 66.1 cm³/mol. The highest BCUT2D eigenvalue weighted by Gasteiger charge is 2.32. The molecule has 0 aromatic rings. The van der Waals surface area contributed by atoms with Crippen molar-refractivity contribution in [2.75, 3.05) is 0 Å². The molecule has 0 saturated heterocycles. The lowest BCUT2D eigenvalue weighted by atomic mass is 9.72. The average Bonchev–Trinajstić information content (AvgIpc) is 2.07. The summed E-state index contributed by atoms with van der Waals surface area (Å²) in [6, 6.07) is 0. The van der Waals surface area contributed by atoms with E-state index in [1.54, 1.807) is 0 Å². The molecule has 1 rings (SSSR count). The first-order valence-electron chi connectivity index (χ1n) is 6.50. The molecule has 1 saturated carbocycles. The molecule has 0 radical (unpaired) electrons. The number of rotatable bonds is 3. The molecule has 0 N–H and O–H groups in total. The van der Waals surface area contributed by atoms with Crippen molar-refractivity contribution in [2.45, 2.75) is 65.9 Å². The lowest BCUT2D eigenvalue weighted by Gasteiger charge is -2.37. The predicted octanol–water partition coefficient (Wildman–Crippen LogP) is 3.79. The summed E-state index contributed by atoms with van der Waals surface area (Å²) in [5.41, 5.74) is -0.300. The van der Waals surface area contributed by atoms with E-state index in [1.165, 1.54) is 26.2 Å². The maximum atomic E-state index is 11.0. The van der Waals surface area contributed by atoms with E-state index in [4.69, 9.17) is 4.74 Å². The van der Waals surface area contributed by atoms with Gasteiger partial charge < -0.3 is 4.74 Å². The molecule has 0 heterocycles. The van der Waals surface area contributed by atoms with Crippen molar-refractivity contribution in [1.82, 2.24) is 0 Å². The summed E-state index contributed by atoms with van der Waals surface area (Å²) in [6.45, 7) is 10.2. The fraction of sp³-hybridized carbons (Fsp3) is 0.929. The van der Waals surface area contributed by atoms with Gasteiger partial charge in [0.15, 0.2) is 0 Å². The van der Waals surface area contributed by atoms with Crippen molar-refractivity contribution in [3.63, 3.8) is 0 Å². The third-order valence-corrected chi connectivity index (χ3v) is 3.78. The summed E-state index contributed by atoms with van der Waals surface area (Å²) in [4.78, 5) is 11.0. The van der Waals surface area contributed by atoms with Gasteiger partial charge in [-0.05, 0) is 50.9 Å². The minimum atomic E-state index is -0.300. The highest BCUT2D eigenvalue weighted by Crippen LogP contribution is 2.38. The smallest absolute Gasteiger partial charge is 0.303 e. The normalized spacial score (nSPS) is 31.2. The zero-order chi connectivity index (χ0) is 12.3. The van der Waals surface area contributed by atoms with Crippen LogP contribution in [0.25, 0.3) is 0 Å². The third kappa shape index (κ3) is 4.15. The molecular formula is C14H26O2. The Hall–Kier alpha value is -0.530. The molecule has 0 spiro atoms. The molecule has 1 aliphatic rings. The topological polar surface area (TPSA) is 26.3 Å². The van der Waals surface area contributed by atoms with Crippen LogP contribution in [0.4, 0.5) is 0 Å². The largest absolute Gasteiger partial charge is 0.460 e. The second-order valence-electron chi connectivity index (χ2n) is 6.21. The highest BCUT2D eigenvalue weighted by molar-refractivity contribution is 5.66. The van der Waals surface area contributed by atoms with Gasteiger partial charge in [0.2, 0.25) is 0 Å². The van der Waals surface area contributed by atoms with Crippen LogP contribution in [0, 0.1) is 17.8 Å². The van der Waals surface area contributed by atoms with Crippen LogP contribution >= 0.6 is 0 Å². The second-order valence-corrected chi connectivity index (χ2v) is 6.21. The summed E-state index contributed by atoms with van der Waals surface area (Å²) in [7, 11) is 0. The van der Waals surface area contributed by atoms with Gasteiger partial charge in [-0.1, -0.05) is 20.3 Å². The lowest BCUT2D eigenvalue weighted by Crippen LogP contribution is -2.33. The van der Waals surface area contributed by atoms with Gasteiger partial charge >= 0.3 is 5.97 Å². The van der Waals surface area contributed by atoms with E-state index in [9.17, 15) is 4.79 Å². The van der Waals surface area contributed by atoms with Crippen molar-refractivity contribution in [2.24, 2.45) is 17.8 Å². The van der Waals surface area contributed by atoms with E-state index in [0.717, 1.165) is 18.3 Å². The summed E-state index contributed by atoms with van der Waals surface area (Å²) in [5.74, 6) is 2.18. The van der Waals surface area contributed by atoms with Crippen molar-refractivity contribution in [1.29, 1.82) is 0 Å². The molecule has 0 aliphatic heterocycles. The Balaban J connectivity index is 2.49. The van der Waals surface area contributed by atoms with Crippen molar-refractivity contribution in [3.05, 3.63) is 0 Å². The molecule has 1 aliphatic carbocycles. The van der Waals surface area contributed by atoms with Crippen LogP contribution in [0.2, 0.25) is 0 Å². The summed E-state index contributed by atoms with van der Waals surface area (Å²) < 4.78 is 5.38. The monoisotopic (exact) mass is 226 g/mol. The second kappa shape index (κ2) is 5.20. The number of hydrogen-bond acceptors (Lipinski definition) is 2. The van der Waals surface area contributed by atoms with Crippen molar-refractivity contribution < 1.29 is 9.53 Å². The molecule has 3 atom stereocenters. The van der Waals surface area contributed by atoms with Crippen LogP contribution in [0.1, 0.15) is 60.3 Å². The first kappa shape index (κ1) is 13.5. The van der Waals surface area contributed by atoms with Crippen LogP contribution in [0.3, 0.4) is 0 Å². The highest BCUT2D eigenvalue weighted by atomic mass is 16.6. The van der Waals surface area contributed by atoms with Crippen molar-refractivity contribution >= 4 is 5.97 Å². The molecule has 2 nitrogen and oxygen atoms in total. The van der Waals surface area contributed by atoms with Crippen LogP contribution < -0.4 is 0 Å². The number of carbonyl (C=O) groups is 1. The Morgan fingerprint density at radius 2 is 1.94 bits per heavy atom. The Labute approximate surface area is 99.8 Å². The first-order chi connectivity index (χ1) is 7.30. The number of ether oxygens (including phenoxy) is 1. The van der Waals surface area contributed by atoms with Gasteiger partial charge in [0.1, 0.15) is 5.60 Å². The van der Waals surface area contributed by atoms with Gasteiger partial charge in [-0.25, -0.2) is 0 Å². The number of hydrogen-bond donors (Lipinski definition) is 0. The van der Waals surface area contributed by atoms with Gasteiger partial charge in [0, 0.05) is 6.92 Å². The Kier molecular flexibility index (Phi) is 4.40. The van der Waals surface area contributed by atoms with Crippen LogP contribution in [0.15, 0.2) is 0 Å². The third-order valence-electron chi connectivity index (χ3n) is 3.78. The molecule has 94 valence electrons. The molecule has 0 amide bonds. The SMILES string of the molecule is CC(=O)OC(C)(C)CC1CCC(C)CC1C. The fourth-order valence-corrected chi connectivity index (χ4v) is 3.09. The minimum Gasteiger partial charge on any atom is -0.460 e. The number of esters is 1. The van der Waals surface area contributed by atoms with E-state index < -0.39 is 0 Å². The zero-order valence-electron chi connectivity index (χ0n) is 11.4. The van der Waals surface area contributed by atoms with E-state index >= 15 is 0 Å². The minimum absolute atomic E-state index is 0.165. The zero-order valence-corrected chi connectivity index (χ0v) is 11.4. The maximum absolute atomic E-state index is 11.0. The van der Waals surface area contributed by atoms with Gasteiger partial charge in [0.25, 0.3) is 0 Å². The van der Waals surface area contributed by atoms with Crippen LogP contribution in [-0.4, -0.2) is 11.6 Å². The molecule has 16 heavy (non-hydrogen) atoms. The molecule has 0 aromatic heterocycles. The van der Waals surface area contributed by atoms with Crippen LogP contribution in [-0.2, 0) is 9.53 Å². The quantitative estimate of drug-likeness (QED) is 0.684. The Morgan fingerprint density at radius 1 is 1.31 bits per heavy atom. The van der Waals surface area contributed by atoms with Gasteiger partial charge in [-0.2, -0.15) is 0 Å². The molecule has 0 aromatic carbocycles. The van der Waals surface area contributed by atoms with Crippen molar-refractivity contribution in [3.8, 4) is 0 Å². The van der Waals surface area contributed by atoms with E-state index in [-0.39, 0.29) is 11.6 Å². The molecular weight excluding hydrogens is 200 g/mol. The first-order valence-corrected chi connectivity index (χ1v) is 6.50. The average molecular weight is 226 g/mol. The van der Waals surface area contributed by atoms with Gasteiger partial charge in [-0.3, -0.25) is 4.79 Å². The van der Waals surface area contributed by atoms with Gasteiger partial charge in [0.05, 0.1) is 0 Å². The fourth-order valence-electron chi connectivity index (χ4n) is 3.09. The molecule has 2 heteroatoms. The Bertz CT molecular complexity index is 245. The van der Waals surface area contributed by atoms with Gasteiger partial charge in [-0.15, -0.1) is 0 Å². The summed E-state index contributed by atoms with van der Waals surface area (Å²) in [5, 5.41) is 0. The van der Waals surface area contributed by atoms with E-state index in [1.807, 2.05) is 13.8 Å².